The smallest absolute Gasteiger partial charge is 0.307 e. The maximum Gasteiger partial charge on any atom is 0.307 e. The SMILES string of the molecule is CCN(CC(C)C(=O)O)C1CCOc2ccccc21. The first-order valence-corrected chi connectivity index (χ1v) is 6.82. The van der Waals surface area contributed by atoms with Crippen LogP contribution >= 0.6 is 0 Å². The number of benzene rings is 1. The van der Waals surface area contributed by atoms with Crippen molar-refractivity contribution in [3.63, 3.8) is 0 Å². The van der Waals surface area contributed by atoms with Crippen molar-refractivity contribution in [3.05, 3.63) is 29.8 Å². The monoisotopic (exact) mass is 263 g/mol. The van der Waals surface area contributed by atoms with E-state index in [1.54, 1.807) is 6.92 Å². The number of para-hydroxylation sites is 1. The molecule has 1 aromatic carbocycles. The summed E-state index contributed by atoms with van der Waals surface area (Å²) < 4.78 is 5.66. The van der Waals surface area contributed by atoms with Crippen molar-refractivity contribution >= 4 is 5.97 Å². The number of carbonyl (C=O) groups is 1. The summed E-state index contributed by atoms with van der Waals surface area (Å²) in [5.41, 5.74) is 1.17. The molecule has 104 valence electrons. The Morgan fingerprint density at radius 3 is 2.95 bits per heavy atom. The molecule has 0 aromatic heterocycles. The molecule has 2 rings (SSSR count). The molecule has 19 heavy (non-hydrogen) atoms. The number of hydrogen-bond acceptors (Lipinski definition) is 3. The van der Waals surface area contributed by atoms with Gasteiger partial charge in [-0.15, -0.1) is 0 Å². The van der Waals surface area contributed by atoms with Gasteiger partial charge >= 0.3 is 5.97 Å². The molecule has 2 atom stereocenters. The highest BCUT2D eigenvalue weighted by Gasteiger charge is 2.28. The van der Waals surface area contributed by atoms with E-state index in [1.807, 2.05) is 18.2 Å². The normalized spacial score (nSPS) is 19.6. The van der Waals surface area contributed by atoms with Crippen LogP contribution in [0.1, 0.15) is 31.9 Å². The third-order valence-corrected chi connectivity index (χ3v) is 3.70. The summed E-state index contributed by atoms with van der Waals surface area (Å²) in [6, 6.07) is 8.30. The first-order valence-electron chi connectivity index (χ1n) is 6.82. The zero-order valence-corrected chi connectivity index (χ0v) is 11.5. The van der Waals surface area contributed by atoms with Gasteiger partial charge in [0.15, 0.2) is 0 Å². The van der Waals surface area contributed by atoms with Crippen LogP contribution in [-0.4, -0.2) is 35.7 Å². The molecule has 0 amide bonds. The van der Waals surface area contributed by atoms with Crippen LogP contribution in [-0.2, 0) is 4.79 Å². The van der Waals surface area contributed by atoms with E-state index in [1.165, 1.54) is 5.56 Å². The second kappa shape index (κ2) is 6.06. The fraction of sp³-hybridized carbons (Fsp3) is 0.533. The summed E-state index contributed by atoms with van der Waals surface area (Å²) in [5, 5.41) is 9.07. The highest BCUT2D eigenvalue weighted by Crippen LogP contribution is 2.35. The second-order valence-corrected chi connectivity index (χ2v) is 5.02. The molecule has 1 aliphatic rings. The van der Waals surface area contributed by atoms with Crippen LogP contribution in [0.5, 0.6) is 5.75 Å². The maximum atomic E-state index is 11.0. The minimum atomic E-state index is -0.737. The van der Waals surface area contributed by atoms with Gasteiger partial charge in [0, 0.05) is 24.6 Å². The Hall–Kier alpha value is -1.55. The molecule has 1 N–H and O–H groups in total. The fourth-order valence-electron chi connectivity index (χ4n) is 2.61. The molecule has 0 saturated heterocycles. The Morgan fingerprint density at radius 1 is 1.53 bits per heavy atom. The van der Waals surface area contributed by atoms with Gasteiger partial charge in [0.25, 0.3) is 0 Å². The zero-order valence-electron chi connectivity index (χ0n) is 11.5. The summed E-state index contributed by atoms with van der Waals surface area (Å²) in [7, 11) is 0. The van der Waals surface area contributed by atoms with Gasteiger partial charge in [-0.25, -0.2) is 0 Å². The lowest BCUT2D eigenvalue weighted by Crippen LogP contribution is -2.37. The van der Waals surface area contributed by atoms with Crippen LogP contribution in [0.4, 0.5) is 0 Å². The van der Waals surface area contributed by atoms with Gasteiger partial charge in [-0.2, -0.15) is 0 Å². The molecule has 1 heterocycles. The molecule has 1 aliphatic heterocycles. The number of ether oxygens (including phenoxy) is 1. The van der Waals surface area contributed by atoms with E-state index in [9.17, 15) is 4.79 Å². The van der Waals surface area contributed by atoms with Gasteiger partial charge in [-0.3, -0.25) is 9.69 Å². The van der Waals surface area contributed by atoms with E-state index in [0.29, 0.717) is 13.2 Å². The topological polar surface area (TPSA) is 49.8 Å². The molecule has 0 bridgehead atoms. The number of nitrogens with zero attached hydrogens (tertiary/aromatic N) is 1. The van der Waals surface area contributed by atoms with Crippen LogP contribution in [0.25, 0.3) is 0 Å². The fourth-order valence-corrected chi connectivity index (χ4v) is 2.61. The highest BCUT2D eigenvalue weighted by molar-refractivity contribution is 5.69. The van der Waals surface area contributed by atoms with E-state index in [0.717, 1.165) is 18.7 Å². The zero-order chi connectivity index (χ0) is 13.8. The quantitative estimate of drug-likeness (QED) is 0.887. The van der Waals surface area contributed by atoms with E-state index >= 15 is 0 Å². The molecular weight excluding hydrogens is 242 g/mol. The van der Waals surface area contributed by atoms with Crippen LogP contribution in [0.3, 0.4) is 0 Å². The molecule has 0 fully saturated rings. The van der Waals surface area contributed by atoms with Crippen LogP contribution in [0, 0.1) is 5.92 Å². The number of carboxylic acids is 1. The van der Waals surface area contributed by atoms with E-state index in [2.05, 4.69) is 17.9 Å². The highest BCUT2D eigenvalue weighted by atomic mass is 16.5. The number of aliphatic carboxylic acids is 1. The summed E-state index contributed by atoms with van der Waals surface area (Å²) in [6.45, 7) is 5.95. The Bertz CT molecular complexity index is 447. The predicted octanol–water partition coefficient (Wildman–Crippen LogP) is 2.55. The molecular formula is C15H21NO3. The summed E-state index contributed by atoms with van der Waals surface area (Å²) in [5.74, 6) is -0.158. The van der Waals surface area contributed by atoms with Crippen molar-refractivity contribution in [2.45, 2.75) is 26.3 Å². The third-order valence-electron chi connectivity index (χ3n) is 3.70. The van der Waals surface area contributed by atoms with Crippen molar-refractivity contribution in [1.82, 2.24) is 4.90 Å². The lowest BCUT2D eigenvalue weighted by molar-refractivity contribution is -0.142. The van der Waals surface area contributed by atoms with E-state index in [-0.39, 0.29) is 12.0 Å². The average molecular weight is 263 g/mol. The standard InChI is InChI=1S/C15H21NO3/c1-3-16(10-11(2)15(17)18)13-8-9-19-14-7-5-4-6-12(13)14/h4-7,11,13H,3,8-10H2,1-2H3,(H,17,18). The molecule has 2 unspecified atom stereocenters. The first-order chi connectivity index (χ1) is 9.13. The van der Waals surface area contributed by atoms with Gasteiger partial charge in [0.05, 0.1) is 12.5 Å². The Labute approximate surface area is 114 Å². The number of carboxylic acid groups (broad SMARTS) is 1. The Kier molecular flexibility index (Phi) is 4.43. The minimum Gasteiger partial charge on any atom is -0.493 e. The van der Waals surface area contributed by atoms with Crippen molar-refractivity contribution in [3.8, 4) is 5.75 Å². The lowest BCUT2D eigenvalue weighted by atomic mass is 9.98. The summed E-state index contributed by atoms with van der Waals surface area (Å²) in [4.78, 5) is 13.3. The Balaban J connectivity index is 2.18. The molecule has 4 nitrogen and oxygen atoms in total. The molecule has 4 heteroatoms. The first kappa shape index (κ1) is 13.9. The van der Waals surface area contributed by atoms with Crippen molar-refractivity contribution in [2.24, 2.45) is 5.92 Å². The largest absolute Gasteiger partial charge is 0.493 e. The second-order valence-electron chi connectivity index (χ2n) is 5.02. The Morgan fingerprint density at radius 2 is 2.26 bits per heavy atom. The van der Waals surface area contributed by atoms with Crippen LogP contribution in [0.15, 0.2) is 24.3 Å². The van der Waals surface area contributed by atoms with E-state index in [4.69, 9.17) is 9.84 Å². The van der Waals surface area contributed by atoms with Gasteiger partial charge in [-0.05, 0) is 12.6 Å². The number of hydrogen-bond donors (Lipinski definition) is 1. The molecule has 0 saturated carbocycles. The lowest BCUT2D eigenvalue weighted by Gasteiger charge is -2.35. The van der Waals surface area contributed by atoms with Gasteiger partial charge in [-0.1, -0.05) is 32.0 Å². The molecule has 1 aromatic rings. The molecule has 0 radical (unpaired) electrons. The number of fused-ring (bicyclic) bond motifs is 1. The van der Waals surface area contributed by atoms with Crippen molar-refractivity contribution < 1.29 is 14.6 Å². The number of rotatable bonds is 5. The van der Waals surface area contributed by atoms with Crippen molar-refractivity contribution in [2.75, 3.05) is 19.7 Å². The van der Waals surface area contributed by atoms with Crippen LogP contribution < -0.4 is 4.74 Å². The minimum absolute atomic E-state index is 0.261. The van der Waals surface area contributed by atoms with E-state index < -0.39 is 5.97 Å². The third kappa shape index (κ3) is 3.07. The van der Waals surface area contributed by atoms with Gasteiger partial charge in [0.1, 0.15) is 5.75 Å². The summed E-state index contributed by atoms with van der Waals surface area (Å²) >= 11 is 0. The van der Waals surface area contributed by atoms with Gasteiger partial charge in [0.2, 0.25) is 0 Å². The maximum absolute atomic E-state index is 11.0. The van der Waals surface area contributed by atoms with Crippen molar-refractivity contribution in [1.29, 1.82) is 0 Å². The molecule has 0 aliphatic carbocycles. The van der Waals surface area contributed by atoms with Crippen LogP contribution in [0.2, 0.25) is 0 Å². The average Bonchev–Trinajstić information content (AvgIpc) is 2.44. The molecule has 0 spiro atoms. The predicted molar refractivity (Wildman–Crippen MR) is 73.3 cm³/mol. The summed E-state index contributed by atoms with van der Waals surface area (Å²) in [6.07, 6.45) is 0.914. The van der Waals surface area contributed by atoms with Gasteiger partial charge < -0.3 is 9.84 Å².